The summed E-state index contributed by atoms with van der Waals surface area (Å²) in [5, 5.41) is 5.26. The maximum Gasteiger partial charge on any atom is 0.177 e. The zero-order valence-electron chi connectivity index (χ0n) is 10.2. The Bertz CT molecular complexity index is 570. The highest BCUT2D eigenvalue weighted by Gasteiger charge is 2.20. The second-order valence-electron chi connectivity index (χ2n) is 4.90. The second kappa shape index (κ2) is 4.86. The van der Waals surface area contributed by atoms with Crippen molar-refractivity contribution in [3.05, 3.63) is 42.2 Å². The summed E-state index contributed by atoms with van der Waals surface area (Å²) in [6.07, 6.45) is 6.14. The van der Waals surface area contributed by atoms with Gasteiger partial charge in [-0.2, -0.15) is 0 Å². The lowest BCUT2D eigenvalue weighted by molar-refractivity contribution is 0.0992. The van der Waals surface area contributed by atoms with Crippen LogP contribution < -0.4 is 5.32 Å². The smallest absolute Gasteiger partial charge is 0.177 e. The average molecular weight is 240 g/mol. The first-order chi connectivity index (χ1) is 8.84. The minimum atomic E-state index is 0.160. The number of pyridine rings is 1. The molecule has 0 unspecified atom stereocenters. The maximum atomic E-state index is 12.2. The molecule has 1 N–H and O–H groups in total. The van der Waals surface area contributed by atoms with E-state index in [1.54, 1.807) is 12.4 Å². The summed E-state index contributed by atoms with van der Waals surface area (Å²) in [5.41, 5.74) is 0.790. The van der Waals surface area contributed by atoms with Crippen molar-refractivity contribution in [1.29, 1.82) is 0 Å². The van der Waals surface area contributed by atoms with Crippen molar-refractivity contribution >= 4 is 16.6 Å². The van der Waals surface area contributed by atoms with Gasteiger partial charge in [-0.05, 0) is 36.8 Å². The van der Waals surface area contributed by atoms with Crippen molar-refractivity contribution in [2.75, 3.05) is 13.1 Å². The summed E-state index contributed by atoms with van der Waals surface area (Å²) >= 11 is 0. The molecule has 0 aliphatic heterocycles. The molecule has 0 spiro atoms. The number of Topliss-reactive ketones (excluding diaryl/α,β-unsaturated/α-hetero) is 1. The van der Waals surface area contributed by atoms with E-state index in [-0.39, 0.29) is 5.78 Å². The molecule has 0 radical (unpaired) electrons. The first-order valence-corrected chi connectivity index (χ1v) is 6.41. The van der Waals surface area contributed by atoms with Crippen molar-refractivity contribution in [2.45, 2.75) is 12.8 Å². The van der Waals surface area contributed by atoms with Crippen molar-refractivity contribution in [3.8, 4) is 0 Å². The lowest BCUT2D eigenvalue weighted by Crippen LogP contribution is -2.25. The summed E-state index contributed by atoms with van der Waals surface area (Å²) in [5.74, 6) is 0.960. The fourth-order valence-corrected chi connectivity index (χ4v) is 2.17. The summed E-state index contributed by atoms with van der Waals surface area (Å²) in [6.45, 7) is 1.40. The molecule has 3 heteroatoms. The van der Waals surface area contributed by atoms with Crippen LogP contribution in [0.1, 0.15) is 23.2 Å². The first kappa shape index (κ1) is 11.4. The highest BCUT2D eigenvalue weighted by molar-refractivity contribution is 6.08. The number of nitrogens with one attached hydrogen (secondary N) is 1. The molecule has 1 fully saturated rings. The minimum absolute atomic E-state index is 0.160. The largest absolute Gasteiger partial charge is 0.309 e. The maximum absolute atomic E-state index is 12.2. The number of fused-ring (bicyclic) bond motifs is 1. The fraction of sp³-hybridized carbons (Fsp3) is 0.333. The van der Waals surface area contributed by atoms with Gasteiger partial charge in [0.1, 0.15) is 0 Å². The molecule has 0 amide bonds. The average Bonchev–Trinajstić information content (AvgIpc) is 3.22. The molecule has 1 aliphatic carbocycles. The molecule has 1 aliphatic rings. The number of hydrogen-bond donors (Lipinski definition) is 1. The Labute approximate surface area is 106 Å². The van der Waals surface area contributed by atoms with E-state index in [2.05, 4.69) is 10.3 Å². The van der Waals surface area contributed by atoms with E-state index in [9.17, 15) is 4.79 Å². The predicted octanol–water partition coefficient (Wildman–Crippen LogP) is 2.42. The highest BCUT2D eigenvalue weighted by atomic mass is 16.1. The quantitative estimate of drug-likeness (QED) is 0.816. The predicted molar refractivity (Wildman–Crippen MR) is 71.7 cm³/mol. The molecule has 3 rings (SSSR count). The lowest BCUT2D eigenvalue weighted by atomic mass is 10.0. The molecular weight excluding hydrogens is 224 g/mol. The van der Waals surface area contributed by atoms with E-state index < -0.39 is 0 Å². The van der Waals surface area contributed by atoms with E-state index >= 15 is 0 Å². The normalized spacial score (nSPS) is 14.9. The SMILES string of the molecule is O=C(CNCC1CC1)c1cccc2cnccc12. The van der Waals surface area contributed by atoms with E-state index in [0.717, 1.165) is 28.8 Å². The van der Waals surface area contributed by atoms with Crippen LogP contribution in [0.3, 0.4) is 0 Å². The third kappa shape index (κ3) is 2.41. The highest BCUT2D eigenvalue weighted by Crippen LogP contribution is 2.27. The molecule has 1 aromatic heterocycles. The number of benzene rings is 1. The Hall–Kier alpha value is -1.74. The van der Waals surface area contributed by atoms with Gasteiger partial charge in [-0.3, -0.25) is 9.78 Å². The second-order valence-corrected chi connectivity index (χ2v) is 4.90. The van der Waals surface area contributed by atoms with Crippen molar-refractivity contribution in [1.82, 2.24) is 10.3 Å². The van der Waals surface area contributed by atoms with Crippen LogP contribution in [0.5, 0.6) is 0 Å². The Morgan fingerprint density at radius 3 is 3.06 bits per heavy atom. The molecule has 1 saturated carbocycles. The Morgan fingerprint density at radius 1 is 1.33 bits per heavy atom. The Morgan fingerprint density at radius 2 is 2.22 bits per heavy atom. The topological polar surface area (TPSA) is 42.0 Å². The van der Waals surface area contributed by atoms with Gasteiger partial charge in [-0.25, -0.2) is 0 Å². The number of rotatable bonds is 5. The van der Waals surface area contributed by atoms with Gasteiger partial charge < -0.3 is 5.32 Å². The molecule has 2 aromatic rings. The van der Waals surface area contributed by atoms with Gasteiger partial charge in [0.2, 0.25) is 0 Å². The molecule has 1 aromatic carbocycles. The monoisotopic (exact) mass is 240 g/mol. The number of ketones is 1. The van der Waals surface area contributed by atoms with Crippen LogP contribution in [0.4, 0.5) is 0 Å². The molecule has 0 saturated heterocycles. The summed E-state index contributed by atoms with van der Waals surface area (Å²) in [7, 11) is 0. The van der Waals surface area contributed by atoms with Crippen LogP contribution in [0.2, 0.25) is 0 Å². The van der Waals surface area contributed by atoms with Gasteiger partial charge in [0, 0.05) is 23.3 Å². The number of hydrogen-bond acceptors (Lipinski definition) is 3. The number of carbonyl (C=O) groups is 1. The number of nitrogens with zero attached hydrogens (tertiary/aromatic N) is 1. The van der Waals surface area contributed by atoms with Crippen LogP contribution in [-0.4, -0.2) is 23.9 Å². The molecule has 0 atom stereocenters. The summed E-state index contributed by atoms with van der Waals surface area (Å²) in [4.78, 5) is 16.3. The van der Waals surface area contributed by atoms with Crippen molar-refractivity contribution in [3.63, 3.8) is 0 Å². The van der Waals surface area contributed by atoms with E-state index in [4.69, 9.17) is 0 Å². The summed E-state index contributed by atoms with van der Waals surface area (Å²) < 4.78 is 0. The lowest BCUT2D eigenvalue weighted by Gasteiger charge is -2.06. The van der Waals surface area contributed by atoms with Gasteiger partial charge in [0.25, 0.3) is 0 Å². The van der Waals surface area contributed by atoms with E-state index in [1.165, 1.54) is 12.8 Å². The van der Waals surface area contributed by atoms with Crippen LogP contribution in [0, 0.1) is 5.92 Å². The van der Waals surface area contributed by atoms with Gasteiger partial charge in [-0.15, -0.1) is 0 Å². The Kier molecular flexibility index (Phi) is 3.07. The third-order valence-corrected chi connectivity index (χ3v) is 3.40. The fourth-order valence-electron chi connectivity index (χ4n) is 2.17. The Balaban J connectivity index is 1.77. The van der Waals surface area contributed by atoms with Gasteiger partial charge in [0.05, 0.1) is 6.54 Å². The standard InChI is InChI=1S/C15H16N2O/c18-15(10-17-8-11-4-5-11)14-3-1-2-12-9-16-7-6-13(12)14/h1-3,6-7,9,11,17H,4-5,8,10H2. The van der Waals surface area contributed by atoms with E-state index in [0.29, 0.717) is 6.54 Å². The number of carbonyl (C=O) groups excluding carboxylic acids is 1. The molecule has 0 bridgehead atoms. The van der Waals surface area contributed by atoms with Crippen LogP contribution in [-0.2, 0) is 0 Å². The minimum Gasteiger partial charge on any atom is -0.309 e. The molecule has 3 nitrogen and oxygen atoms in total. The first-order valence-electron chi connectivity index (χ1n) is 6.41. The summed E-state index contributed by atoms with van der Waals surface area (Å²) in [6, 6.07) is 7.70. The van der Waals surface area contributed by atoms with Crippen molar-refractivity contribution in [2.24, 2.45) is 5.92 Å². The zero-order chi connectivity index (χ0) is 12.4. The van der Waals surface area contributed by atoms with Gasteiger partial charge >= 0.3 is 0 Å². The molecule has 92 valence electrons. The van der Waals surface area contributed by atoms with Crippen LogP contribution >= 0.6 is 0 Å². The van der Waals surface area contributed by atoms with Crippen molar-refractivity contribution < 1.29 is 4.79 Å². The van der Waals surface area contributed by atoms with E-state index in [1.807, 2.05) is 24.3 Å². The van der Waals surface area contributed by atoms with Crippen LogP contribution in [0.15, 0.2) is 36.7 Å². The van der Waals surface area contributed by atoms with Crippen LogP contribution in [0.25, 0.3) is 10.8 Å². The molecular formula is C15H16N2O. The zero-order valence-corrected chi connectivity index (χ0v) is 10.2. The molecule has 1 heterocycles. The third-order valence-electron chi connectivity index (χ3n) is 3.40. The molecule has 18 heavy (non-hydrogen) atoms. The van der Waals surface area contributed by atoms with Gasteiger partial charge in [0.15, 0.2) is 5.78 Å². The van der Waals surface area contributed by atoms with Gasteiger partial charge in [-0.1, -0.05) is 18.2 Å². The number of aromatic nitrogens is 1.